The van der Waals surface area contributed by atoms with Gasteiger partial charge in [-0.3, -0.25) is 14.9 Å². The first kappa shape index (κ1) is 18.3. The van der Waals surface area contributed by atoms with E-state index in [1.165, 1.54) is 0 Å². The van der Waals surface area contributed by atoms with Crippen LogP contribution in [0.1, 0.15) is 22.4 Å². The van der Waals surface area contributed by atoms with Crippen LogP contribution >= 0.6 is 0 Å². The Morgan fingerprint density at radius 3 is 2.63 bits per heavy atom. The molecule has 150 valence electrons. The molecule has 4 aromatic rings. The van der Waals surface area contributed by atoms with Gasteiger partial charge >= 0.3 is 0 Å². The summed E-state index contributed by atoms with van der Waals surface area (Å²) in [6.45, 7) is 2.56. The average Bonchev–Trinajstić information content (AvgIpc) is 3.32. The van der Waals surface area contributed by atoms with Crippen molar-refractivity contribution >= 4 is 39.4 Å². The van der Waals surface area contributed by atoms with Crippen molar-refractivity contribution in [3.8, 4) is 0 Å². The van der Waals surface area contributed by atoms with Gasteiger partial charge in [-0.1, -0.05) is 18.2 Å². The monoisotopic (exact) mass is 399 g/mol. The maximum Gasteiger partial charge on any atom is 0.259 e. The van der Waals surface area contributed by atoms with E-state index in [1.807, 2.05) is 74.4 Å². The van der Waals surface area contributed by atoms with Crippen molar-refractivity contribution < 1.29 is 9.59 Å². The SMILES string of the molecule is CNCc1ccn2nc(C)c(C3=C(c4cn(C)c5ccccc45)C(=O)NC3=O)c2c1. The summed E-state index contributed by atoms with van der Waals surface area (Å²) in [7, 11) is 3.82. The molecule has 1 aromatic carbocycles. The average molecular weight is 399 g/mol. The van der Waals surface area contributed by atoms with Crippen molar-refractivity contribution in [1.29, 1.82) is 0 Å². The zero-order valence-corrected chi connectivity index (χ0v) is 17.0. The molecule has 0 bridgehead atoms. The number of amides is 2. The topological polar surface area (TPSA) is 80.4 Å². The molecule has 7 nitrogen and oxygen atoms in total. The fourth-order valence-electron chi connectivity index (χ4n) is 4.32. The van der Waals surface area contributed by atoms with E-state index in [0.717, 1.165) is 27.5 Å². The first-order valence-corrected chi connectivity index (χ1v) is 9.77. The number of carbonyl (C=O) groups excluding carboxylic acids is 2. The number of nitrogens with zero attached hydrogens (tertiary/aromatic N) is 3. The number of imide groups is 1. The number of hydrogen-bond donors (Lipinski definition) is 2. The predicted octanol–water partition coefficient (Wildman–Crippen LogP) is 2.42. The van der Waals surface area contributed by atoms with Crippen LogP contribution in [0.15, 0.2) is 48.8 Å². The number of benzene rings is 1. The number of aryl methyl sites for hydroxylation is 2. The highest BCUT2D eigenvalue weighted by atomic mass is 16.2. The van der Waals surface area contributed by atoms with Crippen LogP contribution in [0.4, 0.5) is 0 Å². The molecule has 5 rings (SSSR count). The van der Waals surface area contributed by atoms with Crippen molar-refractivity contribution in [2.45, 2.75) is 13.5 Å². The normalized spacial score (nSPS) is 14.4. The maximum absolute atomic E-state index is 13.0. The van der Waals surface area contributed by atoms with E-state index in [2.05, 4.69) is 15.7 Å². The second kappa shape index (κ2) is 6.67. The van der Waals surface area contributed by atoms with Crippen molar-refractivity contribution in [2.75, 3.05) is 7.05 Å². The second-order valence-electron chi connectivity index (χ2n) is 7.56. The van der Waals surface area contributed by atoms with E-state index in [9.17, 15) is 9.59 Å². The van der Waals surface area contributed by atoms with Crippen LogP contribution in [0.5, 0.6) is 0 Å². The second-order valence-corrected chi connectivity index (χ2v) is 7.56. The Morgan fingerprint density at radius 1 is 1.07 bits per heavy atom. The third-order valence-corrected chi connectivity index (χ3v) is 5.60. The molecule has 7 heteroatoms. The molecular formula is C23H21N5O2. The number of rotatable bonds is 4. The van der Waals surface area contributed by atoms with Gasteiger partial charge in [-0.2, -0.15) is 5.10 Å². The number of carbonyl (C=O) groups is 2. The van der Waals surface area contributed by atoms with Crippen LogP contribution < -0.4 is 10.6 Å². The van der Waals surface area contributed by atoms with E-state index in [4.69, 9.17) is 0 Å². The van der Waals surface area contributed by atoms with E-state index in [-0.39, 0.29) is 11.8 Å². The minimum Gasteiger partial charge on any atom is -0.350 e. The first-order chi connectivity index (χ1) is 14.5. The van der Waals surface area contributed by atoms with Crippen LogP contribution in [-0.2, 0) is 23.2 Å². The molecule has 0 saturated carbocycles. The van der Waals surface area contributed by atoms with E-state index < -0.39 is 0 Å². The number of nitrogens with one attached hydrogen (secondary N) is 2. The van der Waals surface area contributed by atoms with Gasteiger partial charge in [-0.05, 0) is 37.7 Å². The fraction of sp³-hybridized carbons (Fsp3) is 0.174. The quantitative estimate of drug-likeness (QED) is 0.517. The van der Waals surface area contributed by atoms with Crippen molar-refractivity contribution in [3.05, 3.63) is 71.2 Å². The molecule has 0 aliphatic carbocycles. The van der Waals surface area contributed by atoms with Gasteiger partial charge in [-0.25, -0.2) is 4.52 Å². The molecule has 0 saturated heterocycles. The lowest BCUT2D eigenvalue weighted by molar-refractivity contribution is -0.122. The molecule has 0 radical (unpaired) electrons. The third kappa shape index (κ3) is 2.59. The van der Waals surface area contributed by atoms with E-state index in [1.54, 1.807) is 4.52 Å². The minimum atomic E-state index is -0.389. The number of para-hydroxylation sites is 1. The van der Waals surface area contributed by atoms with Crippen molar-refractivity contribution in [1.82, 2.24) is 24.8 Å². The standard InChI is InChI=1S/C23H21N5O2/c1-13-19(18-10-14(11-24-2)8-9-28(18)26-13)21-20(22(29)25-23(21)30)16-12-27(3)17-7-5-4-6-15(16)17/h4-10,12,24H,11H2,1-3H3,(H,25,29,30). The third-order valence-electron chi connectivity index (χ3n) is 5.60. The van der Waals surface area contributed by atoms with Gasteiger partial charge in [0.15, 0.2) is 0 Å². The minimum absolute atomic E-state index is 0.378. The van der Waals surface area contributed by atoms with Crippen LogP contribution in [0.25, 0.3) is 27.6 Å². The van der Waals surface area contributed by atoms with Crippen molar-refractivity contribution in [3.63, 3.8) is 0 Å². The fourth-order valence-corrected chi connectivity index (χ4v) is 4.32. The van der Waals surface area contributed by atoms with Gasteiger partial charge in [0.2, 0.25) is 0 Å². The molecule has 0 fully saturated rings. The Morgan fingerprint density at radius 2 is 1.83 bits per heavy atom. The predicted molar refractivity (Wildman–Crippen MR) is 116 cm³/mol. The highest BCUT2D eigenvalue weighted by Gasteiger charge is 2.36. The number of pyridine rings is 1. The number of fused-ring (bicyclic) bond motifs is 2. The lowest BCUT2D eigenvalue weighted by Crippen LogP contribution is -2.22. The smallest absolute Gasteiger partial charge is 0.259 e. The number of aromatic nitrogens is 3. The molecular weight excluding hydrogens is 378 g/mol. The van der Waals surface area contributed by atoms with Gasteiger partial charge in [0.1, 0.15) is 0 Å². The van der Waals surface area contributed by atoms with Crippen LogP contribution in [0.2, 0.25) is 0 Å². The van der Waals surface area contributed by atoms with E-state index in [0.29, 0.717) is 28.9 Å². The molecule has 4 heterocycles. The lowest BCUT2D eigenvalue weighted by atomic mass is 9.95. The maximum atomic E-state index is 13.0. The Hall–Kier alpha value is -3.71. The Kier molecular flexibility index (Phi) is 4.08. The van der Waals surface area contributed by atoms with Gasteiger partial charge < -0.3 is 9.88 Å². The first-order valence-electron chi connectivity index (χ1n) is 9.77. The molecule has 0 atom stereocenters. The number of hydrogen-bond acceptors (Lipinski definition) is 4. The molecule has 1 aliphatic rings. The molecule has 1 aliphatic heterocycles. The molecule has 3 aromatic heterocycles. The van der Waals surface area contributed by atoms with E-state index >= 15 is 0 Å². The van der Waals surface area contributed by atoms with Crippen LogP contribution in [-0.4, -0.2) is 33.0 Å². The summed E-state index contributed by atoms with van der Waals surface area (Å²) >= 11 is 0. The van der Waals surface area contributed by atoms with Gasteiger partial charge in [0, 0.05) is 48.0 Å². The van der Waals surface area contributed by atoms with Crippen LogP contribution in [0.3, 0.4) is 0 Å². The summed E-state index contributed by atoms with van der Waals surface area (Å²) in [5.74, 6) is -0.767. The molecule has 0 unspecified atom stereocenters. The van der Waals surface area contributed by atoms with Crippen LogP contribution in [0, 0.1) is 6.92 Å². The zero-order chi connectivity index (χ0) is 21.0. The molecule has 30 heavy (non-hydrogen) atoms. The molecule has 2 amide bonds. The zero-order valence-electron chi connectivity index (χ0n) is 17.0. The van der Waals surface area contributed by atoms with Crippen molar-refractivity contribution in [2.24, 2.45) is 7.05 Å². The summed E-state index contributed by atoms with van der Waals surface area (Å²) in [6.07, 6.45) is 3.79. The summed E-state index contributed by atoms with van der Waals surface area (Å²) in [5, 5.41) is 11.2. The largest absolute Gasteiger partial charge is 0.350 e. The molecule has 0 spiro atoms. The van der Waals surface area contributed by atoms with Gasteiger partial charge in [-0.15, -0.1) is 0 Å². The summed E-state index contributed by atoms with van der Waals surface area (Å²) < 4.78 is 3.73. The Balaban J connectivity index is 1.84. The highest BCUT2D eigenvalue weighted by Crippen LogP contribution is 2.38. The Labute approximate surface area is 173 Å². The van der Waals surface area contributed by atoms with Gasteiger partial charge in [0.25, 0.3) is 11.8 Å². The summed E-state index contributed by atoms with van der Waals surface area (Å²) in [6, 6.07) is 11.9. The summed E-state index contributed by atoms with van der Waals surface area (Å²) in [5.41, 5.74) is 5.80. The summed E-state index contributed by atoms with van der Waals surface area (Å²) in [4.78, 5) is 25.9. The van der Waals surface area contributed by atoms with Gasteiger partial charge in [0.05, 0.1) is 22.4 Å². The lowest BCUT2D eigenvalue weighted by Gasteiger charge is -2.05. The Bertz CT molecular complexity index is 1390. The highest BCUT2D eigenvalue weighted by molar-refractivity contribution is 6.50. The molecule has 2 N–H and O–H groups in total.